The number of hydrogen-bond donors (Lipinski definition) is 1. The van der Waals surface area contributed by atoms with Gasteiger partial charge >= 0.3 is 5.97 Å². The molecule has 1 heterocycles. The molecule has 0 aliphatic heterocycles. The van der Waals surface area contributed by atoms with Gasteiger partial charge in [-0.25, -0.2) is 0 Å². The molecule has 0 atom stereocenters. The van der Waals surface area contributed by atoms with Gasteiger partial charge < -0.3 is 10.0 Å². The van der Waals surface area contributed by atoms with Crippen LogP contribution in [0.1, 0.15) is 18.4 Å². The molecular weight excluding hydrogens is 202 g/mol. The maximum Gasteiger partial charge on any atom is 0.305 e. The number of nitrogens with zero attached hydrogens (tertiary/aromatic N) is 3. The van der Waals surface area contributed by atoms with Gasteiger partial charge in [0.05, 0.1) is 6.42 Å². The van der Waals surface area contributed by atoms with E-state index in [-0.39, 0.29) is 6.42 Å². The zero-order valence-corrected chi connectivity index (χ0v) is 9.04. The highest BCUT2D eigenvalue weighted by Gasteiger charge is 2.10. The van der Waals surface area contributed by atoms with Crippen LogP contribution in [0.25, 0.3) is 0 Å². The van der Waals surface area contributed by atoms with E-state index in [1.54, 1.807) is 0 Å². The molecular formula is C8H13N3O2S. The second-order valence-corrected chi connectivity index (χ2v) is 3.99. The summed E-state index contributed by atoms with van der Waals surface area (Å²) in [6.45, 7) is 5.09. The smallest absolute Gasteiger partial charge is 0.305 e. The summed E-state index contributed by atoms with van der Waals surface area (Å²) in [5.74, 6) is -0.787. The van der Waals surface area contributed by atoms with E-state index >= 15 is 0 Å². The van der Waals surface area contributed by atoms with Gasteiger partial charge in [0.25, 0.3) is 0 Å². The van der Waals surface area contributed by atoms with Crippen molar-refractivity contribution in [2.45, 2.75) is 20.3 Å². The lowest BCUT2D eigenvalue weighted by Crippen LogP contribution is -2.25. The number of aliphatic carboxylic acids is 1. The second-order valence-electron chi connectivity index (χ2n) is 2.83. The third-order valence-electron chi connectivity index (χ3n) is 1.76. The molecule has 1 N–H and O–H groups in total. The fraction of sp³-hybridized carbons (Fsp3) is 0.625. The van der Waals surface area contributed by atoms with E-state index < -0.39 is 5.97 Å². The van der Waals surface area contributed by atoms with Crippen LogP contribution in [-0.2, 0) is 4.79 Å². The van der Waals surface area contributed by atoms with Crippen molar-refractivity contribution in [1.82, 2.24) is 10.2 Å². The summed E-state index contributed by atoms with van der Waals surface area (Å²) in [5.41, 5.74) is 0. The van der Waals surface area contributed by atoms with Gasteiger partial charge in [-0.15, -0.1) is 10.2 Å². The number of carboxylic acid groups (broad SMARTS) is 1. The van der Waals surface area contributed by atoms with E-state index in [0.29, 0.717) is 6.54 Å². The Morgan fingerprint density at radius 1 is 1.57 bits per heavy atom. The van der Waals surface area contributed by atoms with Crippen molar-refractivity contribution in [2.24, 2.45) is 0 Å². The SMILES string of the molecule is CCN(CCC(=O)O)c1nnc(C)s1. The Hall–Kier alpha value is -1.17. The van der Waals surface area contributed by atoms with Crippen LogP contribution in [0.5, 0.6) is 0 Å². The predicted octanol–water partition coefficient (Wildman–Crippen LogP) is 1.15. The first-order valence-electron chi connectivity index (χ1n) is 4.40. The molecule has 5 nitrogen and oxygen atoms in total. The summed E-state index contributed by atoms with van der Waals surface area (Å²) in [7, 11) is 0. The molecule has 0 aliphatic carbocycles. The molecule has 0 spiro atoms. The normalized spacial score (nSPS) is 10.1. The molecule has 1 aromatic heterocycles. The molecule has 0 unspecified atom stereocenters. The molecule has 0 aliphatic rings. The molecule has 0 aromatic carbocycles. The molecule has 6 heteroatoms. The third-order valence-corrected chi connectivity index (χ3v) is 2.66. The average Bonchev–Trinajstić information content (AvgIpc) is 2.53. The lowest BCUT2D eigenvalue weighted by Gasteiger charge is -2.17. The topological polar surface area (TPSA) is 66.3 Å². The Morgan fingerprint density at radius 3 is 2.71 bits per heavy atom. The minimum atomic E-state index is -0.787. The first-order chi connectivity index (χ1) is 6.63. The van der Waals surface area contributed by atoms with Crippen molar-refractivity contribution >= 4 is 22.4 Å². The van der Waals surface area contributed by atoms with E-state index in [2.05, 4.69) is 10.2 Å². The van der Waals surface area contributed by atoms with E-state index in [1.807, 2.05) is 18.7 Å². The van der Waals surface area contributed by atoms with E-state index in [1.165, 1.54) is 11.3 Å². The summed E-state index contributed by atoms with van der Waals surface area (Å²) < 4.78 is 0. The Balaban J connectivity index is 2.58. The lowest BCUT2D eigenvalue weighted by molar-refractivity contribution is -0.136. The Morgan fingerprint density at radius 2 is 2.29 bits per heavy atom. The number of rotatable bonds is 5. The van der Waals surface area contributed by atoms with Crippen LogP contribution in [0.4, 0.5) is 5.13 Å². The van der Waals surface area contributed by atoms with Crippen LogP contribution < -0.4 is 4.90 Å². The van der Waals surface area contributed by atoms with Crippen LogP contribution in [0.15, 0.2) is 0 Å². The van der Waals surface area contributed by atoms with E-state index in [0.717, 1.165) is 16.7 Å². The number of carbonyl (C=O) groups is 1. The molecule has 0 saturated carbocycles. The van der Waals surface area contributed by atoms with Gasteiger partial charge in [-0.1, -0.05) is 11.3 Å². The number of aromatic nitrogens is 2. The number of carboxylic acids is 1. The standard InChI is InChI=1S/C8H13N3O2S/c1-3-11(5-4-7(12)13)8-10-9-6(2)14-8/h3-5H2,1-2H3,(H,12,13). The molecule has 14 heavy (non-hydrogen) atoms. The number of anilines is 1. The van der Waals surface area contributed by atoms with Crippen LogP contribution in [0, 0.1) is 6.92 Å². The van der Waals surface area contributed by atoms with Crippen LogP contribution >= 0.6 is 11.3 Å². The monoisotopic (exact) mass is 215 g/mol. The van der Waals surface area contributed by atoms with Crippen molar-refractivity contribution in [3.05, 3.63) is 5.01 Å². The molecule has 0 saturated heterocycles. The fourth-order valence-corrected chi connectivity index (χ4v) is 1.81. The van der Waals surface area contributed by atoms with Crippen molar-refractivity contribution in [3.63, 3.8) is 0 Å². The van der Waals surface area contributed by atoms with Gasteiger partial charge in [0.15, 0.2) is 0 Å². The third kappa shape index (κ3) is 2.95. The fourth-order valence-electron chi connectivity index (χ4n) is 1.03. The number of hydrogen-bond acceptors (Lipinski definition) is 5. The minimum Gasteiger partial charge on any atom is -0.481 e. The lowest BCUT2D eigenvalue weighted by atomic mass is 10.4. The summed E-state index contributed by atoms with van der Waals surface area (Å²) >= 11 is 1.48. The van der Waals surface area contributed by atoms with Crippen molar-refractivity contribution in [1.29, 1.82) is 0 Å². The maximum absolute atomic E-state index is 10.4. The Bertz CT molecular complexity index is 313. The Kier molecular flexibility index (Phi) is 3.82. The second kappa shape index (κ2) is 4.90. The van der Waals surface area contributed by atoms with Crippen LogP contribution in [0.3, 0.4) is 0 Å². The van der Waals surface area contributed by atoms with Gasteiger partial charge in [-0.3, -0.25) is 4.79 Å². The quantitative estimate of drug-likeness (QED) is 0.798. The predicted molar refractivity (Wildman–Crippen MR) is 54.8 cm³/mol. The summed E-state index contributed by atoms with van der Waals surface area (Å²) in [6.07, 6.45) is 0.131. The molecule has 1 aromatic rings. The van der Waals surface area contributed by atoms with E-state index in [9.17, 15) is 4.79 Å². The maximum atomic E-state index is 10.4. The van der Waals surface area contributed by atoms with Gasteiger partial charge in [0.1, 0.15) is 5.01 Å². The molecule has 0 bridgehead atoms. The molecule has 0 fully saturated rings. The summed E-state index contributed by atoms with van der Waals surface area (Å²) in [4.78, 5) is 12.3. The summed E-state index contributed by atoms with van der Waals surface area (Å²) in [6, 6.07) is 0. The zero-order chi connectivity index (χ0) is 10.6. The van der Waals surface area contributed by atoms with Crippen LogP contribution in [-0.4, -0.2) is 34.4 Å². The average molecular weight is 215 g/mol. The first kappa shape index (κ1) is 10.9. The highest BCUT2D eigenvalue weighted by atomic mass is 32.1. The highest BCUT2D eigenvalue weighted by Crippen LogP contribution is 2.19. The minimum absolute atomic E-state index is 0.131. The zero-order valence-electron chi connectivity index (χ0n) is 8.23. The van der Waals surface area contributed by atoms with Crippen molar-refractivity contribution < 1.29 is 9.90 Å². The molecule has 78 valence electrons. The Labute approximate surface area is 86.4 Å². The highest BCUT2D eigenvalue weighted by molar-refractivity contribution is 7.15. The molecule has 0 amide bonds. The van der Waals surface area contributed by atoms with E-state index in [4.69, 9.17) is 5.11 Å². The van der Waals surface area contributed by atoms with Gasteiger partial charge in [-0.2, -0.15) is 0 Å². The van der Waals surface area contributed by atoms with Crippen LogP contribution in [0.2, 0.25) is 0 Å². The van der Waals surface area contributed by atoms with Gasteiger partial charge in [-0.05, 0) is 13.8 Å². The van der Waals surface area contributed by atoms with Gasteiger partial charge in [0, 0.05) is 13.1 Å². The van der Waals surface area contributed by atoms with Gasteiger partial charge in [0.2, 0.25) is 5.13 Å². The number of aryl methyl sites for hydroxylation is 1. The molecule has 1 rings (SSSR count). The first-order valence-corrected chi connectivity index (χ1v) is 5.22. The van der Waals surface area contributed by atoms with Crippen molar-refractivity contribution in [2.75, 3.05) is 18.0 Å². The summed E-state index contributed by atoms with van der Waals surface area (Å²) in [5, 5.41) is 18.1. The van der Waals surface area contributed by atoms with Crippen molar-refractivity contribution in [3.8, 4) is 0 Å². The largest absolute Gasteiger partial charge is 0.481 e. The molecule has 0 radical (unpaired) electrons.